The maximum Gasteiger partial charge on any atom is 0.411 e. The zero-order chi connectivity index (χ0) is 11.4. The number of nitrogens with two attached hydrogens (primary N) is 1. The number of nitrogens with one attached hydrogen (secondary N) is 1. The van der Waals surface area contributed by atoms with E-state index in [0.717, 1.165) is 5.56 Å². The number of aryl methyl sites for hydroxylation is 1. The summed E-state index contributed by atoms with van der Waals surface area (Å²) in [7, 11) is 1.31. The van der Waals surface area contributed by atoms with Crippen LogP contribution in [-0.2, 0) is 4.74 Å². The molecular weight excluding hydrogens is 212 g/mol. The molecule has 0 aromatic heterocycles. The van der Waals surface area contributed by atoms with E-state index in [9.17, 15) is 4.79 Å². The third-order valence-electron chi connectivity index (χ3n) is 1.94. The minimum Gasteiger partial charge on any atom is -0.453 e. The highest BCUT2D eigenvalue weighted by atomic mass is 32.1. The fourth-order valence-corrected chi connectivity index (χ4v) is 1.20. The molecule has 0 unspecified atom stereocenters. The second kappa shape index (κ2) is 4.75. The van der Waals surface area contributed by atoms with Crippen LogP contribution in [0.15, 0.2) is 18.2 Å². The summed E-state index contributed by atoms with van der Waals surface area (Å²) in [6.45, 7) is 1.87. The van der Waals surface area contributed by atoms with Gasteiger partial charge in [-0.1, -0.05) is 24.4 Å². The van der Waals surface area contributed by atoms with Gasteiger partial charge in [-0.15, -0.1) is 0 Å². The Bertz CT molecular complexity index is 404. The van der Waals surface area contributed by atoms with Crippen molar-refractivity contribution in [3.63, 3.8) is 0 Å². The summed E-state index contributed by atoms with van der Waals surface area (Å²) < 4.78 is 4.50. The molecule has 0 saturated heterocycles. The number of hydrogen-bond acceptors (Lipinski definition) is 3. The van der Waals surface area contributed by atoms with Crippen molar-refractivity contribution < 1.29 is 9.53 Å². The fourth-order valence-electron chi connectivity index (χ4n) is 1.07. The van der Waals surface area contributed by atoms with Gasteiger partial charge in [-0.2, -0.15) is 0 Å². The Morgan fingerprint density at radius 2 is 2.20 bits per heavy atom. The predicted octanol–water partition coefficient (Wildman–Crippen LogP) is 1.81. The molecule has 0 radical (unpaired) electrons. The summed E-state index contributed by atoms with van der Waals surface area (Å²) in [6, 6.07) is 5.36. The highest BCUT2D eigenvalue weighted by molar-refractivity contribution is 7.80. The van der Waals surface area contributed by atoms with E-state index in [1.54, 1.807) is 12.1 Å². The molecule has 0 heterocycles. The van der Waals surface area contributed by atoms with Crippen molar-refractivity contribution in [1.82, 2.24) is 0 Å². The summed E-state index contributed by atoms with van der Waals surface area (Å²) in [6.07, 6.45) is -0.516. The van der Waals surface area contributed by atoms with Gasteiger partial charge in [0.05, 0.1) is 7.11 Å². The highest BCUT2D eigenvalue weighted by Gasteiger charge is 2.05. The molecule has 0 saturated carbocycles. The highest BCUT2D eigenvalue weighted by Crippen LogP contribution is 2.16. The second-order valence-electron chi connectivity index (χ2n) is 3.01. The van der Waals surface area contributed by atoms with Crippen molar-refractivity contribution in [2.45, 2.75) is 6.92 Å². The largest absolute Gasteiger partial charge is 0.453 e. The van der Waals surface area contributed by atoms with Gasteiger partial charge in [0.15, 0.2) is 0 Å². The van der Waals surface area contributed by atoms with E-state index < -0.39 is 6.09 Å². The number of benzene rings is 1. The fraction of sp³-hybridized carbons (Fsp3) is 0.200. The first-order valence-electron chi connectivity index (χ1n) is 4.30. The quantitative estimate of drug-likeness (QED) is 0.752. The van der Waals surface area contributed by atoms with Crippen molar-refractivity contribution in [1.29, 1.82) is 0 Å². The molecule has 0 aliphatic carbocycles. The van der Waals surface area contributed by atoms with E-state index in [1.807, 2.05) is 13.0 Å². The van der Waals surface area contributed by atoms with Crippen LogP contribution < -0.4 is 11.1 Å². The lowest BCUT2D eigenvalue weighted by molar-refractivity contribution is 0.187. The summed E-state index contributed by atoms with van der Waals surface area (Å²) in [5, 5.41) is 2.58. The van der Waals surface area contributed by atoms with Gasteiger partial charge in [-0.25, -0.2) is 4.79 Å². The summed E-state index contributed by atoms with van der Waals surface area (Å²) in [5.74, 6) is 0. The summed E-state index contributed by atoms with van der Waals surface area (Å²) in [4.78, 5) is 11.3. The molecule has 4 nitrogen and oxygen atoms in total. The number of ether oxygens (including phenoxy) is 1. The first-order valence-corrected chi connectivity index (χ1v) is 4.71. The Labute approximate surface area is 93.4 Å². The average molecular weight is 224 g/mol. The Morgan fingerprint density at radius 3 is 2.73 bits per heavy atom. The molecule has 5 heteroatoms. The SMILES string of the molecule is COC(=O)Nc1cc(C(N)=S)ccc1C. The lowest BCUT2D eigenvalue weighted by Gasteiger charge is -2.08. The minimum atomic E-state index is -0.516. The first kappa shape index (κ1) is 11.5. The molecule has 1 aromatic rings. The van der Waals surface area contributed by atoms with Gasteiger partial charge >= 0.3 is 6.09 Å². The van der Waals surface area contributed by atoms with E-state index in [0.29, 0.717) is 16.2 Å². The lowest BCUT2D eigenvalue weighted by atomic mass is 10.1. The topological polar surface area (TPSA) is 64.3 Å². The molecule has 1 amide bonds. The standard InChI is InChI=1S/C10H12N2O2S/c1-6-3-4-7(9(11)15)5-8(6)12-10(13)14-2/h3-5H,1-2H3,(H2,11,15)(H,12,13). The van der Waals surface area contributed by atoms with Crippen LogP contribution in [0.1, 0.15) is 11.1 Å². The molecule has 3 N–H and O–H groups in total. The molecule has 1 rings (SSSR count). The lowest BCUT2D eigenvalue weighted by Crippen LogP contribution is -2.14. The molecule has 15 heavy (non-hydrogen) atoms. The third kappa shape index (κ3) is 2.92. The van der Waals surface area contributed by atoms with Crippen molar-refractivity contribution >= 4 is 29.0 Å². The number of amides is 1. The van der Waals surface area contributed by atoms with Crippen molar-refractivity contribution in [2.75, 3.05) is 12.4 Å². The zero-order valence-corrected chi connectivity index (χ0v) is 9.35. The van der Waals surface area contributed by atoms with Gasteiger partial charge in [-0.05, 0) is 18.6 Å². The smallest absolute Gasteiger partial charge is 0.411 e. The average Bonchev–Trinajstić information content (AvgIpc) is 2.20. The number of carbonyl (C=O) groups excluding carboxylic acids is 1. The number of anilines is 1. The van der Waals surface area contributed by atoms with Crippen LogP contribution in [0, 0.1) is 6.92 Å². The normalized spacial score (nSPS) is 9.47. The Hall–Kier alpha value is -1.62. The summed E-state index contributed by atoms with van der Waals surface area (Å²) >= 11 is 4.84. The molecular formula is C10H12N2O2S. The van der Waals surface area contributed by atoms with Gasteiger partial charge < -0.3 is 10.5 Å². The van der Waals surface area contributed by atoms with Crippen LogP contribution in [0.2, 0.25) is 0 Å². The molecule has 0 fully saturated rings. The second-order valence-corrected chi connectivity index (χ2v) is 3.45. The van der Waals surface area contributed by atoms with Gasteiger partial charge in [0.2, 0.25) is 0 Å². The minimum absolute atomic E-state index is 0.294. The number of carbonyl (C=O) groups is 1. The van der Waals surface area contributed by atoms with Crippen molar-refractivity contribution in [2.24, 2.45) is 5.73 Å². The van der Waals surface area contributed by atoms with Crippen LogP contribution in [0.5, 0.6) is 0 Å². The Balaban J connectivity index is 3.00. The van der Waals surface area contributed by atoms with Crippen LogP contribution in [0.25, 0.3) is 0 Å². The third-order valence-corrected chi connectivity index (χ3v) is 2.18. The maximum absolute atomic E-state index is 11.0. The number of rotatable bonds is 2. The number of thiocarbonyl (C=S) groups is 1. The van der Waals surface area contributed by atoms with Crippen molar-refractivity contribution in [3.05, 3.63) is 29.3 Å². The van der Waals surface area contributed by atoms with Gasteiger partial charge in [0.25, 0.3) is 0 Å². The van der Waals surface area contributed by atoms with Gasteiger partial charge in [-0.3, -0.25) is 5.32 Å². The van der Waals surface area contributed by atoms with Crippen LogP contribution >= 0.6 is 12.2 Å². The zero-order valence-electron chi connectivity index (χ0n) is 8.53. The molecule has 0 atom stereocenters. The van der Waals surface area contributed by atoms with Gasteiger partial charge in [0, 0.05) is 11.3 Å². The van der Waals surface area contributed by atoms with E-state index in [4.69, 9.17) is 18.0 Å². The molecule has 1 aromatic carbocycles. The van der Waals surface area contributed by atoms with Crippen LogP contribution in [0.3, 0.4) is 0 Å². The first-order chi connectivity index (χ1) is 7.04. The predicted molar refractivity (Wildman–Crippen MR) is 63.1 cm³/mol. The Morgan fingerprint density at radius 1 is 1.53 bits per heavy atom. The molecule has 80 valence electrons. The van der Waals surface area contributed by atoms with E-state index in [-0.39, 0.29) is 0 Å². The summed E-state index contributed by atoms with van der Waals surface area (Å²) in [5.41, 5.74) is 7.76. The van der Waals surface area contributed by atoms with E-state index in [2.05, 4.69) is 10.1 Å². The number of methoxy groups -OCH3 is 1. The molecule has 0 aliphatic rings. The Kier molecular flexibility index (Phi) is 3.62. The van der Waals surface area contributed by atoms with E-state index >= 15 is 0 Å². The maximum atomic E-state index is 11.0. The van der Waals surface area contributed by atoms with Crippen LogP contribution in [-0.4, -0.2) is 18.2 Å². The monoisotopic (exact) mass is 224 g/mol. The van der Waals surface area contributed by atoms with Crippen LogP contribution in [0.4, 0.5) is 10.5 Å². The number of hydrogen-bond donors (Lipinski definition) is 2. The molecule has 0 spiro atoms. The van der Waals surface area contributed by atoms with Crippen molar-refractivity contribution in [3.8, 4) is 0 Å². The van der Waals surface area contributed by atoms with Gasteiger partial charge in [0.1, 0.15) is 4.99 Å². The molecule has 0 aliphatic heterocycles. The van der Waals surface area contributed by atoms with E-state index in [1.165, 1.54) is 7.11 Å². The molecule has 0 bridgehead atoms.